The van der Waals surface area contributed by atoms with E-state index in [4.69, 9.17) is 21.7 Å². The first-order valence-corrected chi connectivity index (χ1v) is 9.72. The van der Waals surface area contributed by atoms with Gasteiger partial charge in [-0.1, -0.05) is 36.4 Å². The fourth-order valence-electron chi connectivity index (χ4n) is 2.81. The summed E-state index contributed by atoms with van der Waals surface area (Å²) in [4.78, 5) is 12.5. The zero-order valence-electron chi connectivity index (χ0n) is 16.8. The van der Waals surface area contributed by atoms with Crippen LogP contribution in [0, 0.1) is 0 Å². The third-order valence-corrected chi connectivity index (χ3v) is 4.54. The summed E-state index contributed by atoms with van der Waals surface area (Å²) in [6, 6.07) is 22.3. The van der Waals surface area contributed by atoms with Gasteiger partial charge < -0.3 is 25.4 Å². The molecule has 30 heavy (non-hydrogen) atoms. The van der Waals surface area contributed by atoms with Gasteiger partial charge in [0.1, 0.15) is 11.5 Å². The lowest BCUT2D eigenvalue weighted by Crippen LogP contribution is -2.23. The van der Waals surface area contributed by atoms with Crippen LogP contribution in [-0.4, -0.2) is 25.2 Å². The zero-order valence-corrected chi connectivity index (χ0v) is 17.6. The predicted octanol–water partition coefficient (Wildman–Crippen LogP) is 4.44. The second kappa shape index (κ2) is 10.3. The lowest BCUT2D eigenvalue weighted by molar-refractivity contribution is 0.0951. The molecule has 0 aliphatic heterocycles. The van der Waals surface area contributed by atoms with Crippen molar-refractivity contribution < 1.29 is 14.3 Å². The van der Waals surface area contributed by atoms with Crippen molar-refractivity contribution in [2.75, 3.05) is 24.9 Å². The van der Waals surface area contributed by atoms with Crippen LogP contribution in [0.3, 0.4) is 0 Å². The average Bonchev–Trinajstić information content (AvgIpc) is 2.78. The third kappa shape index (κ3) is 5.71. The van der Waals surface area contributed by atoms with Crippen LogP contribution in [0.1, 0.15) is 15.9 Å². The Bertz CT molecular complexity index is 1030. The van der Waals surface area contributed by atoms with Gasteiger partial charge in [0.25, 0.3) is 5.91 Å². The highest BCUT2D eigenvalue weighted by Crippen LogP contribution is 2.29. The molecule has 154 valence electrons. The van der Waals surface area contributed by atoms with Gasteiger partial charge in [0.05, 0.1) is 19.9 Å². The van der Waals surface area contributed by atoms with Crippen molar-refractivity contribution in [2.45, 2.75) is 6.54 Å². The van der Waals surface area contributed by atoms with Crippen molar-refractivity contribution >= 4 is 34.6 Å². The maximum atomic E-state index is 12.5. The molecule has 6 nitrogen and oxygen atoms in total. The maximum absolute atomic E-state index is 12.5. The van der Waals surface area contributed by atoms with Gasteiger partial charge >= 0.3 is 0 Å². The minimum Gasteiger partial charge on any atom is -0.497 e. The lowest BCUT2D eigenvalue weighted by atomic mass is 10.1. The second-order valence-electron chi connectivity index (χ2n) is 6.39. The summed E-state index contributed by atoms with van der Waals surface area (Å²) in [6.45, 7) is 0.465. The van der Waals surface area contributed by atoms with E-state index in [9.17, 15) is 4.79 Å². The monoisotopic (exact) mass is 421 g/mol. The van der Waals surface area contributed by atoms with Crippen LogP contribution in [0.2, 0.25) is 0 Å². The molecule has 3 aromatic carbocycles. The Morgan fingerprint density at radius 1 is 0.900 bits per heavy atom. The van der Waals surface area contributed by atoms with Crippen LogP contribution < -0.4 is 25.4 Å². The van der Waals surface area contributed by atoms with Crippen molar-refractivity contribution in [1.82, 2.24) is 5.32 Å². The standard InChI is InChI=1S/C23H23N3O3S/c1-28-19-11-12-21(29-2)20(14-19)26-23(30)25-18-10-6-9-17(13-18)22(27)24-15-16-7-4-3-5-8-16/h3-14H,15H2,1-2H3,(H,24,27)(H2,25,26,30). The van der Waals surface area contributed by atoms with Gasteiger partial charge in [-0.3, -0.25) is 4.79 Å². The van der Waals surface area contributed by atoms with E-state index < -0.39 is 0 Å². The Morgan fingerprint density at radius 3 is 2.43 bits per heavy atom. The molecule has 0 fully saturated rings. The Balaban J connectivity index is 1.63. The molecule has 3 rings (SSSR count). The van der Waals surface area contributed by atoms with Crippen LogP contribution >= 0.6 is 12.2 Å². The van der Waals surface area contributed by atoms with Crippen molar-refractivity contribution in [1.29, 1.82) is 0 Å². The molecule has 0 heterocycles. The fourth-order valence-corrected chi connectivity index (χ4v) is 3.04. The first kappa shape index (κ1) is 21.1. The number of methoxy groups -OCH3 is 2. The molecule has 0 radical (unpaired) electrons. The molecular weight excluding hydrogens is 398 g/mol. The van der Waals surface area contributed by atoms with Gasteiger partial charge in [0.2, 0.25) is 0 Å². The third-order valence-electron chi connectivity index (χ3n) is 4.33. The number of thiocarbonyl (C=S) groups is 1. The van der Waals surface area contributed by atoms with Crippen LogP contribution in [0.5, 0.6) is 11.5 Å². The van der Waals surface area contributed by atoms with Gasteiger partial charge in [-0.2, -0.15) is 0 Å². The highest BCUT2D eigenvalue weighted by atomic mass is 32.1. The molecule has 7 heteroatoms. The first-order chi connectivity index (χ1) is 14.6. The SMILES string of the molecule is COc1ccc(OC)c(NC(=S)Nc2cccc(C(=O)NCc3ccccc3)c2)c1. The highest BCUT2D eigenvalue weighted by molar-refractivity contribution is 7.80. The van der Waals surface area contributed by atoms with Gasteiger partial charge in [-0.15, -0.1) is 0 Å². The number of nitrogens with one attached hydrogen (secondary N) is 3. The summed E-state index contributed by atoms with van der Waals surface area (Å²) in [5, 5.41) is 9.47. The van der Waals surface area contributed by atoms with E-state index in [1.165, 1.54) is 0 Å². The summed E-state index contributed by atoms with van der Waals surface area (Å²) in [6.07, 6.45) is 0. The summed E-state index contributed by atoms with van der Waals surface area (Å²) in [5.74, 6) is 1.16. The van der Waals surface area contributed by atoms with Crippen LogP contribution in [0.25, 0.3) is 0 Å². The molecule has 0 saturated heterocycles. The van der Waals surface area contributed by atoms with Gasteiger partial charge in [0.15, 0.2) is 5.11 Å². The Hall–Kier alpha value is -3.58. The summed E-state index contributed by atoms with van der Waals surface area (Å²) < 4.78 is 10.6. The maximum Gasteiger partial charge on any atom is 0.251 e. The van der Waals surface area contributed by atoms with Crippen LogP contribution in [-0.2, 0) is 6.54 Å². The van der Waals surface area contributed by atoms with E-state index in [0.717, 1.165) is 5.56 Å². The number of amides is 1. The summed E-state index contributed by atoms with van der Waals surface area (Å²) in [5.41, 5.74) is 2.95. The molecule has 1 amide bonds. The molecule has 0 spiro atoms. The van der Waals surface area contributed by atoms with Crippen LogP contribution in [0.4, 0.5) is 11.4 Å². The van der Waals surface area contributed by atoms with Gasteiger partial charge in [0, 0.05) is 23.9 Å². The van der Waals surface area contributed by atoms with Crippen molar-refractivity contribution in [2.24, 2.45) is 0 Å². The Labute approximate surface area is 181 Å². The number of hydrogen-bond acceptors (Lipinski definition) is 4. The number of rotatable bonds is 7. The molecule has 3 aromatic rings. The molecule has 0 aliphatic rings. The van der Waals surface area contributed by atoms with E-state index in [1.807, 2.05) is 36.4 Å². The fraction of sp³-hybridized carbons (Fsp3) is 0.130. The molecule has 0 aromatic heterocycles. The minimum atomic E-state index is -0.157. The smallest absolute Gasteiger partial charge is 0.251 e. The Kier molecular flexibility index (Phi) is 7.24. The van der Waals surface area contributed by atoms with E-state index in [0.29, 0.717) is 40.1 Å². The molecular formula is C23H23N3O3S. The van der Waals surface area contributed by atoms with E-state index in [2.05, 4.69) is 16.0 Å². The number of carbonyl (C=O) groups is 1. The number of ether oxygens (including phenoxy) is 2. The molecule has 0 unspecified atom stereocenters. The topological polar surface area (TPSA) is 71.6 Å². The largest absolute Gasteiger partial charge is 0.497 e. The Morgan fingerprint density at radius 2 is 1.70 bits per heavy atom. The summed E-state index contributed by atoms with van der Waals surface area (Å²) >= 11 is 5.41. The molecule has 0 aliphatic carbocycles. The minimum absolute atomic E-state index is 0.157. The molecule has 0 bridgehead atoms. The number of hydrogen-bond donors (Lipinski definition) is 3. The van der Waals surface area contributed by atoms with E-state index in [-0.39, 0.29) is 5.91 Å². The second-order valence-corrected chi connectivity index (χ2v) is 6.80. The summed E-state index contributed by atoms with van der Waals surface area (Å²) in [7, 11) is 3.18. The first-order valence-electron chi connectivity index (χ1n) is 9.31. The molecule has 3 N–H and O–H groups in total. The number of anilines is 2. The van der Waals surface area contributed by atoms with Crippen molar-refractivity contribution in [3.63, 3.8) is 0 Å². The number of benzene rings is 3. The highest BCUT2D eigenvalue weighted by Gasteiger charge is 2.09. The quantitative estimate of drug-likeness (QED) is 0.490. The average molecular weight is 422 g/mol. The van der Waals surface area contributed by atoms with E-state index in [1.54, 1.807) is 50.6 Å². The van der Waals surface area contributed by atoms with E-state index >= 15 is 0 Å². The van der Waals surface area contributed by atoms with Crippen LogP contribution in [0.15, 0.2) is 72.8 Å². The zero-order chi connectivity index (χ0) is 21.3. The lowest BCUT2D eigenvalue weighted by Gasteiger charge is -2.15. The van der Waals surface area contributed by atoms with Crippen molar-refractivity contribution in [3.05, 3.63) is 83.9 Å². The van der Waals surface area contributed by atoms with Gasteiger partial charge in [-0.05, 0) is 48.1 Å². The molecule has 0 atom stereocenters. The molecule has 0 saturated carbocycles. The van der Waals surface area contributed by atoms with Crippen molar-refractivity contribution in [3.8, 4) is 11.5 Å². The number of carbonyl (C=O) groups excluding carboxylic acids is 1. The predicted molar refractivity (Wildman–Crippen MR) is 123 cm³/mol. The van der Waals surface area contributed by atoms with Gasteiger partial charge in [-0.25, -0.2) is 0 Å². The normalized spacial score (nSPS) is 10.1.